The van der Waals surface area contributed by atoms with Crippen LogP contribution in [0.5, 0.6) is 0 Å². The van der Waals surface area contributed by atoms with Crippen molar-refractivity contribution in [3.8, 4) is 0 Å². The van der Waals surface area contributed by atoms with E-state index in [-0.39, 0.29) is 18.3 Å². The summed E-state index contributed by atoms with van der Waals surface area (Å²) in [6.45, 7) is 11.3. The quantitative estimate of drug-likeness (QED) is 0.383. The summed E-state index contributed by atoms with van der Waals surface area (Å²) in [5.74, 6) is -1.54. The summed E-state index contributed by atoms with van der Waals surface area (Å²) in [6, 6.07) is -0.694. The third-order valence-corrected chi connectivity index (χ3v) is 3.21. The molecule has 0 aliphatic carbocycles. The van der Waals surface area contributed by atoms with Crippen LogP contribution in [0.1, 0.15) is 67.2 Å². The van der Waals surface area contributed by atoms with E-state index in [0.29, 0.717) is 6.61 Å². The molecule has 0 heterocycles. The number of rotatable bonds is 9. The molecule has 0 saturated heterocycles. The van der Waals surface area contributed by atoms with Crippen LogP contribution < -0.4 is 5.73 Å². The van der Waals surface area contributed by atoms with Crippen molar-refractivity contribution < 1.29 is 28.6 Å². The van der Waals surface area contributed by atoms with Crippen molar-refractivity contribution in [3.63, 3.8) is 0 Å². The minimum atomic E-state index is -0.694. The molecule has 2 N–H and O–H groups in total. The lowest BCUT2D eigenvalue weighted by molar-refractivity contribution is -0.173. The molecule has 0 saturated carbocycles. The predicted octanol–water partition coefficient (Wildman–Crippen LogP) is 2.55. The van der Waals surface area contributed by atoms with E-state index in [9.17, 15) is 14.4 Å². The minimum absolute atomic E-state index is 0.0631. The Morgan fingerprint density at radius 3 is 1.88 bits per heavy atom. The van der Waals surface area contributed by atoms with Crippen LogP contribution in [0.25, 0.3) is 0 Å². The van der Waals surface area contributed by atoms with Crippen LogP contribution in [0.3, 0.4) is 0 Å². The number of hydrogen-bond acceptors (Lipinski definition) is 7. The highest BCUT2D eigenvalue weighted by Crippen LogP contribution is 2.20. The number of carbonyl (C=O) groups excluding carboxylic acids is 3. The second-order valence-electron chi connectivity index (χ2n) is 8.37. The van der Waals surface area contributed by atoms with E-state index in [1.165, 1.54) is 0 Å². The number of hydrogen-bond donors (Lipinski definition) is 1. The van der Waals surface area contributed by atoms with E-state index in [2.05, 4.69) is 20.8 Å². The topological polar surface area (TPSA) is 105 Å². The lowest BCUT2D eigenvalue weighted by Crippen LogP contribution is -2.30. The molecular weight excluding hydrogens is 326 g/mol. The molecule has 0 aromatic rings. The van der Waals surface area contributed by atoms with E-state index in [1.807, 2.05) is 0 Å². The molecule has 0 spiro atoms. The maximum absolute atomic E-state index is 11.6. The predicted molar refractivity (Wildman–Crippen MR) is 93.4 cm³/mol. The first-order valence-electron chi connectivity index (χ1n) is 8.55. The molecular formula is C18H33NO6. The molecule has 0 unspecified atom stereocenters. The molecule has 0 aliphatic rings. The van der Waals surface area contributed by atoms with Gasteiger partial charge in [0.05, 0.1) is 24.9 Å². The van der Waals surface area contributed by atoms with E-state index >= 15 is 0 Å². The summed E-state index contributed by atoms with van der Waals surface area (Å²) in [4.78, 5) is 34.7. The van der Waals surface area contributed by atoms with Gasteiger partial charge in [0.15, 0.2) is 0 Å². The van der Waals surface area contributed by atoms with Gasteiger partial charge in [0.1, 0.15) is 0 Å². The highest BCUT2D eigenvalue weighted by Gasteiger charge is 2.23. The van der Waals surface area contributed by atoms with E-state index in [4.69, 9.17) is 19.9 Å². The average Bonchev–Trinajstić information content (AvgIpc) is 2.41. The van der Waals surface area contributed by atoms with Gasteiger partial charge in [-0.25, -0.2) is 0 Å². The Hall–Kier alpha value is -1.63. The van der Waals surface area contributed by atoms with Crippen LogP contribution in [0.2, 0.25) is 0 Å². The molecule has 0 aromatic heterocycles. The molecule has 0 bridgehead atoms. The van der Waals surface area contributed by atoms with Gasteiger partial charge in [-0.3, -0.25) is 14.4 Å². The van der Waals surface area contributed by atoms with E-state index in [0.717, 1.165) is 12.8 Å². The van der Waals surface area contributed by atoms with E-state index < -0.39 is 36.2 Å². The Balaban J connectivity index is 3.89. The number of nitrogens with two attached hydrogens (primary N) is 1. The van der Waals surface area contributed by atoms with Crippen LogP contribution in [0.4, 0.5) is 0 Å². The van der Waals surface area contributed by atoms with Crippen molar-refractivity contribution in [2.75, 3.05) is 13.4 Å². The number of ether oxygens (including phenoxy) is 3. The number of esters is 3. The molecule has 0 aromatic carbocycles. The Morgan fingerprint density at radius 1 is 0.880 bits per heavy atom. The zero-order valence-electron chi connectivity index (χ0n) is 16.3. The summed E-state index contributed by atoms with van der Waals surface area (Å²) in [5, 5.41) is 0. The van der Waals surface area contributed by atoms with Gasteiger partial charge in [0.2, 0.25) is 6.79 Å². The van der Waals surface area contributed by atoms with Gasteiger partial charge >= 0.3 is 17.9 Å². The van der Waals surface area contributed by atoms with Crippen molar-refractivity contribution in [2.45, 2.75) is 73.3 Å². The fraction of sp³-hybridized carbons (Fsp3) is 0.833. The van der Waals surface area contributed by atoms with Gasteiger partial charge in [0.25, 0.3) is 0 Å². The Kier molecular flexibility index (Phi) is 9.70. The minimum Gasteiger partial charge on any atom is -0.466 e. The van der Waals surface area contributed by atoms with Gasteiger partial charge in [-0.05, 0) is 39.0 Å². The lowest BCUT2D eigenvalue weighted by atomic mass is 9.91. The average molecular weight is 359 g/mol. The summed E-state index contributed by atoms with van der Waals surface area (Å²) in [6.07, 6.45) is 1.52. The fourth-order valence-electron chi connectivity index (χ4n) is 1.77. The second-order valence-corrected chi connectivity index (χ2v) is 8.37. The summed E-state index contributed by atoms with van der Waals surface area (Å²) < 4.78 is 14.7. The van der Waals surface area contributed by atoms with Crippen molar-refractivity contribution in [3.05, 3.63) is 0 Å². The highest BCUT2D eigenvalue weighted by atomic mass is 16.7. The molecule has 1 atom stereocenters. The monoisotopic (exact) mass is 359 g/mol. The van der Waals surface area contributed by atoms with Gasteiger partial charge in [-0.1, -0.05) is 20.8 Å². The first-order valence-corrected chi connectivity index (χ1v) is 8.55. The van der Waals surface area contributed by atoms with Gasteiger partial charge in [-0.15, -0.1) is 0 Å². The summed E-state index contributed by atoms with van der Waals surface area (Å²) in [7, 11) is 0. The van der Waals surface area contributed by atoms with Gasteiger partial charge in [-0.2, -0.15) is 0 Å². The summed E-state index contributed by atoms with van der Waals surface area (Å²) in [5.41, 5.74) is 5.27. The largest absolute Gasteiger partial charge is 0.466 e. The molecule has 7 heteroatoms. The van der Waals surface area contributed by atoms with Crippen LogP contribution in [0.15, 0.2) is 0 Å². The van der Waals surface area contributed by atoms with Crippen molar-refractivity contribution in [1.29, 1.82) is 0 Å². The Morgan fingerprint density at radius 2 is 1.40 bits per heavy atom. The van der Waals surface area contributed by atoms with Crippen LogP contribution in [-0.4, -0.2) is 37.3 Å². The van der Waals surface area contributed by atoms with Crippen molar-refractivity contribution in [2.24, 2.45) is 16.6 Å². The third kappa shape index (κ3) is 13.3. The van der Waals surface area contributed by atoms with Crippen LogP contribution >= 0.6 is 0 Å². The molecule has 7 nitrogen and oxygen atoms in total. The third-order valence-electron chi connectivity index (χ3n) is 3.21. The SMILES string of the molecule is CC(C)(C)CCCOC(=O)C[C@H](N)CC(=O)OCOC(=O)C(C)(C)C. The van der Waals surface area contributed by atoms with Gasteiger partial charge < -0.3 is 19.9 Å². The number of carbonyl (C=O) groups is 3. The molecule has 0 fully saturated rings. The van der Waals surface area contributed by atoms with Crippen LogP contribution in [0, 0.1) is 10.8 Å². The summed E-state index contributed by atoms with van der Waals surface area (Å²) >= 11 is 0. The molecule has 0 aliphatic heterocycles. The highest BCUT2D eigenvalue weighted by molar-refractivity contribution is 5.76. The molecule has 146 valence electrons. The lowest BCUT2D eigenvalue weighted by Gasteiger charge is -2.18. The smallest absolute Gasteiger partial charge is 0.314 e. The van der Waals surface area contributed by atoms with E-state index in [1.54, 1.807) is 20.8 Å². The zero-order valence-corrected chi connectivity index (χ0v) is 16.3. The standard InChI is InChI=1S/C18H33NO6/c1-17(2,3)8-7-9-23-14(20)10-13(19)11-15(21)24-12-25-16(22)18(4,5)6/h13H,7-12,19H2,1-6H3/t13-/m0/s1. The molecule has 0 amide bonds. The van der Waals surface area contributed by atoms with Crippen molar-refractivity contribution in [1.82, 2.24) is 0 Å². The Labute approximate surface area is 150 Å². The molecule has 25 heavy (non-hydrogen) atoms. The Bertz CT molecular complexity index is 447. The fourth-order valence-corrected chi connectivity index (χ4v) is 1.77. The van der Waals surface area contributed by atoms with Crippen LogP contribution in [-0.2, 0) is 28.6 Å². The first-order chi connectivity index (χ1) is 11.3. The molecule has 0 radical (unpaired) electrons. The normalized spacial score (nSPS) is 13.1. The first kappa shape index (κ1) is 23.4. The maximum atomic E-state index is 11.6. The zero-order chi connectivity index (χ0) is 19.7. The molecule has 0 rings (SSSR count). The van der Waals surface area contributed by atoms with Gasteiger partial charge in [0, 0.05) is 6.04 Å². The second kappa shape index (κ2) is 10.4. The van der Waals surface area contributed by atoms with Crippen molar-refractivity contribution >= 4 is 17.9 Å². The maximum Gasteiger partial charge on any atom is 0.314 e.